The van der Waals surface area contributed by atoms with Crippen molar-refractivity contribution in [3.05, 3.63) is 40.9 Å². The van der Waals surface area contributed by atoms with Gasteiger partial charge >= 0.3 is 5.97 Å². The van der Waals surface area contributed by atoms with E-state index in [0.29, 0.717) is 22.9 Å². The lowest BCUT2D eigenvalue weighted by Gasteiger charge is -2.07. The van der Waals surface area contributed by atoms with Crippen molar-refractivity contribution < 1.29 is 23.9 Å². The fourth-order valence-electron chi connectivity index (χ4n) is 1.84. The van der Waals surface area contributed by atoms with Gasteiger partial charge in [0.15, 0.2) is 24.1 Å². The van der Waals surface area contributed by atoms with Crippen LogP contribution in [0.15, 0.2) is 29.6 Å². The Morgan fingerprint density at radius 2 is 1.88 bits per heavy atom. The molecule has 0 unspecified atom stereocenters. The average molecular weight is 362 g/mol. The van der Waals surface area contributed by atoms with E-state index in [0.717, 1.165) is 5.69 Å². The number of nitrogens with zero attached hydrogens (tertiary/aromatic N) is 1. The summed E-state index contributed by atoms with van der Waals surface area (Å²) in [5, 5.41) is 4.79. The van der Waals surface area contributed by atoms with Gasteiger partial charge in [-0.25, -0.2) is 9.78 Å². The monoisotopic (exact) mass is 362 g/mol. The highest BCUT2D eigenvalue weighted by molar-refractivity contribution is 7.13. The number of anilines is 1. The van der Waals surface area contributed by atoms with Crippen molar-refractivity contribution in [2.24, 2.45) is 0 Å². The van der Waals surface area contributed by atoms with Crippen LogP contribution in [0.4, 0.5) is 5.13 Å². The van der Waals surface area contributed by atoms with Gasteiger partial charge in [0.05, 0.1) is 5.69 Å². The van der Waals surface area contributed by atoms with E-state index in [1.165, 1.54) is 11.3 Å². The number of ether oxygens (including phenoxy) is 2. The van der Waals surface area contributed by atoms with Gasteiger partial charge in [-0.3, -0.25) is 14.9 Å². The van der Waals surface area contributed by atoms with Crippen molar-refractivity contribution in [3.8, 4) is 5.75 Å². The van der Waals surface area contributed by atoms with Crippen LogP contribution >= 0.6 is 11.3 Å². The summed E-state index contributed by atoms with van der Waals surface area (Å²) in [6.45, 7) is 2.86. The molecule has 25 heavy (non-hydrogen) atoms. The van der Waals surface area contributed by atoms with Crippen LogP contribution in [0, 0.1) is 6.92 Å². The molecule has 0 aliphatic carbocycles. The Bertz CT molecular complexity index is 755. The quantitative estimate of drug-likeness (QED) is 0.573. The molecule has 2 aromatic rings. The first-order valence-corrected chi connectivity index (χ1v) is 8.49. The maximum absolute atomic E-state index is 11.6. The average Bonchev–Trinajstić information content (AvgIpc) is 3.02. The molecular weight excluding hydrogens is 344 g/mol. The van der Waals surface area contributed by atoms with E-state index in [1.807, 2.05) is 6.92 Å². The van der Waals surface area contributed by atoms with Crippen LogP contribution in [0.25, 0.3) is 0 Å². The van der Waals surface area contributed by atoms with Crippen LogP contribution in [-0.2, 0) is 14.3 Å². The number of carbonyl (C=O) groups is 3. The molecule has 0 aliphatic rings. The van der Waals surface area contributed by atoms with E-state index >= 15 is 0 Å². The lowest BCUT2D eigenvalue weighted by atomic mass is 10.1. The van der Waals surface area contributed by atoms with Crippen LogP contribution in [0.1, 0.15) is 29.4 Å². The van der Waals surface area contributed by atoms with Gasteiger partial charge in [0, 0.05) is 17.4 Å². The lowest BCUT2D eigenvalue weighted by molar-refractivity contribution is -0.149. The second-order valence-corrected chi connectivity index (χ2v) is 5.95. The molecule has 1 aromatic carbocycles. The number of ketones is 1. The molecule has 0 saturated heterocycles. The van der Waals surface area contributed by atoms with Crippen molar-refractivity contribution in [3.63, 3.8) is 0 Å². The van der Waals surface area contributed by atoms with Crippen molar-refractivity contribution in [2.75, 3.05) is 18.5 Å². The van der Waals surface area contributed by atoms with Crippen molar-refractivity contribution in [2.45, 2.75) is 20.3 Å². The highest BCUT2D eigenvalue weighted by atomic mass is 32.1. The smallest absolute Gasteiger partial charge is 0.344 e. The molecule has 0 aliphatic heterocycles. The van der Waals surface area contributed by atoms with E-state index in [-0.39, 0.29) is 12.4 Å². The third kappa shape index (κ3) is 6.00. The number of hydrogen-bond donors (Lipinski definition) is 1. The molecule has 0 saturated carbocycles. The van der Waals surface area contributed by atoms with Crippen molar-refractivity contribution in [1.29, 1.82) is 0 Å². The highest BCUT2D eigenvalue weighted by Crippen LogP contribution is 2.14. The van der Waals surface area contributed by atoms with E-state index in [1.54, 1.807) is 36.6 Å². The molecule has 8 heteroatoms. The number of amides is 1. The van der Waals surface area contributed by atoms with Crippen LogP contribution in [0.3, 0.4) is 0 Å². The number of nitrogens with one attached hydrogen (secondary N) is 1. The molecule has 7 nitrogen and oxygen atoms in total. The van der Waals surface area contributed by atoms with Gasteiger partial charge in [-0.2, -0.15) is 0 Å². The first-order chi connectivity index (χ1) is 12.0. The summed E-state index contributed by atoms with van der Waals surface area (Å²) in [6.07, 6.45) is 0.426. The van der Waals surface area contributed by atoms with Crippen LogP contribution in [-0.4, -0.2) is 35.9 Å². The third-order valence-electron chi connectivity index (χ3n) is 3.08. The summed E-state index contributed by atoms with van der Waals surface area (Å²) >= 11 is 1.29. The molecule has 2 rings (SSSR count). The zero-order chi connectivity index (χ0) is 18.2. The zero-order valence-corrected chi connectivity index (χ0v) is 14.7. The molecule has 1 aromatic heterocycles. The number of aryl methyl sites for hydroxylation is 1. The van der Waals surface area contributed by atoms with E-state index in [2.05, 4.69) is 10.3 Å². The molecule has 0 bridgehead atoms. The fraction of sp³-hybridized carbons (Fsp3) is 0.294. The molecule has 0 spiro atoms. The van der Waals surface area contributed by atoms with E-state index in [4.69, 9.17) is 9.47 Å². The number of benzene rings is 1. The number of Topliss-reactive ketones (excluding diaryl/α,β-unsaturated/α-hetero) is 1. The number of carbonyl (C=O) groups excluding carboxylic acids is 3. The minimum Gasteiger partial charge on any atom is -0.482 e. The maximum atomic E-state index is 11.6. The fourth-order valence-corrected chi connectivity index (χ4v) is 2.54. The van der Waals surface area contributed by atoms with Gasteiger partial charge in [-0.1, -0.05) is 6.92 Å². The first kappa shape index (κ1) is 18.6. The van der Waals surface area contributed by atoms with Crippen LogP contribution in [0.2, 0.25) is 0 Å². The largest absolute Gasteiger partial charge is 0.482 e. The Kier molecular flexibility index (Phi) is 6.64. The number of hydrogen-bond acceptors (Lipinski definition) is 7. The molecule has 0 fully saturated rings. The second-order valence-electron chi connectivity index (χ2n) is 5.09. The minimum absolute atomic E-state index is 0.0346. The summed E-state index contributed by atoms with van der Waals surface area (Å²) in [6, 6.07) is 6.48. The minimum atomic E-state index is -0.667. The Hall–Kier alpha value is -2.74. The Labute approximate surface area is 149 Å². The number of rotatable bonds is 8. The Morgan fingerprint density at radius 1 is 1.16 bits per heavy atom. The number of aromatic nitrogens is 1. The molecular formula is C17H18N2O5S. The summed E-state index contributed by atoms with van der Waals surface area (Å²) in [7, 11) is 0. The van der Waals surface area contributed by atoms with Crippen LogP contribution in [0.5, 0.6) is 5.75 Å². The predicted molar refractivity (Wildman–Crippen MR) is 93.0 cm³/mol. The van der Waals surface area contributed by atoms with E-state index in [9.17, 15) is 14.4 Å². The first-order valence-electron chi connectivity index (χ1n) is 7.61. The van der Waals surface area contributed by atoms with Gasteiger partial charge in [0.2, 0.25) is 0 Å². The molecule has 0 atom stereocenters. The summed E-state index contributed by atoms with van der Waals surface area (Å²) < 4.78 is 10.1. The van der Waals surface area contributed by atoms with Crippen LogP contribution < -0.4 is 10.1 Å². The summed E-state index contributed by atoms with van der Waals surface area (Å²) in [5.74, 6) is -0.663. The van der Waals surface area contributed by atoms with E-state index < -0.39 is 18.5 Å². The summed E-state index contributed by atoms with van der Waals surface area (Å²) in [5.41, 5.74) is 1.39. The Balaban J connectivity index is 1.71. The molecule has 0 radical (unpaired) electrons. The third-order valence-corrected chi connectivity index (χ3v) is 3.96. The molecule has 1 heterocycles. The number of esters is 1. The molecule has 132 valence electrons. The van der Waals surface area contributed by atoms with Crippen molar-refractivity contribution in [1.82, 2.24) is 4.98 Å². The molecule has 1 N–H and O–H groups in total. The highest BCUT2D eigenvalue weighted by Gasteiger charge is 2.10. The standard InChI is InChI=1S/C17H18N2O5S/c1-3-14(20)12-4-6-13(7-5-12)23-9-16(22)24-8-15(21)19-17-18-11(2)10-25-17/h4-7,10H,3,8-9H2,1-2H3,(H,18,19,21). The topological polar surface area (TPSA) is 94.6 Å². The SMILES string of the molecule is CCC(=O)c1ccc(OCC(=O)OCC(=O)Nc2nc(C)cs2)cc1. The Morgan fingerprint density at radius 3 is 2.48 bits per heavy atom. The maximum Gasteiger partial charge on any atom is 0.344 e. The zero-order valence-electron chi connectivity index (χ0n) is 13.9. The normalized spacial score (nSPS) is 10.2. The van der Waals surface area contributed by atoms with Gasteiger partial charge in [0.1, 0.15) is 5.75 Å². The summed E-state index contributed by atoms with van der Waals surface area (Å²) in [4.78, 5) is 38.8. The second kappa shape index (κ2) is 8.93. The predicted octanol–water partition coefficient (Wildman–Crippen LogP) is 2.60. The van der Waals surface area contributed by atoms with Gasteiger partial charge in [-0.15, -0.1) is 11.3 Å². The van der Waals surface area contributed by atoms with Gasteiger partial charge in [-0.05, 0) is 31.2 Å². The molecule has 1 amide bonds. The van der Waals surface area contributed by atoms with Crippen molar-refractivity contribution >= 4 is 34.1 Å². The van der Waals surface area contributed by atoms with Gasteiger partial charge in [0.25, 0.3) is 5.91 Å². The van der Waals surface area contributed by atoms with Gasteiger partial charge < -0.3 is 9.47 Å². The lowest BCUT2D eigenvalue weighted by Crippen LogP contribution is -2.23. The number of thiazole rings is 1.